The van der Waals surface area contributed by atoms with Gasteiger partial charge in [-0.1, -0.05) is 24.3 Å². The minimum atomic E-state index is -0.522. The first-order valence-corrected chi connectivity index (χ1v) is 8.90. The Morgan fingerprint density at radius 1 is 0.692 bits per heavy atom. The van der Waals surface area contributed by atoms with Crippen molar-refractivity contribution in [2.45, 2.75) is 11.8 Å². The number of hydrogen-bond acceptors (Lipinski definition) is 4. The molecule has 0 amide bonds. The van der Waals surface area contributed by atoms with Crippen LogP contribution in [0.4, 0.5) is 0 Å². The van der Waals surface area contributed by atoms with Gasteiger partial charge in [0.05, 0.1) is 14.2 Å². The van der Waals surface area contributed by atoms with Crippen LogP contribution in [0, 0.1) is 11.8 Å². The fraction of sp³-hybridized carbons (Fsp3) is 0.300. The lowest BCUT2D eigenvalue weighted by Gasteiger charge is -2.49. The van der Waals surface area contributed by atoms with Gasteiger partial charge in [0.2, 0.25) is 10.5 Å². The van der Waals surface area contributed by atoms with Crippen LogP contribution in [0.2, 0.25) is 0 Å². The van der Waals surface area contributed by atoms with E-state index in [0.29, 0.717) is 11.5 Å². The van der Waals surface area contributed by atoms with Crippen LogP contribution >= 0.6 is 23.2 Å². The quantitative estimate of drug-likeness (QED) is 0.685. The fourth-order valence-electron chi connectivity index (χ4n) is 3.79. The van der Waals surface area contributed by atoms with Crippen LogP contribution in [-0.2, 0) is 9.59 Å². The summed E-state index contributed by atoms with van der Waals surface area (Å²) in [5.41, 5.74) is 1.68. The maximum atomic E-state index is 12.2. The van der Waals surface area contributed by atoms with Crippen molar-refractivity contribution in [2.24, 2.45) is 11.8 Å². The fourth-order valence-corrected chi connectivity index (χ4v) is 4.34. The molecule has 0 N–H and O–H groups in total. The van der Waals surface area contributed by atoms with Crippen molar-refractivity contribution in [3.63, 3.8) is 0 Å². The molecule has 0 radical (unpaired) electrons. The molecule has 1 fully saturated rings. The molecule has 0 saturated heterocycles. The highest BCUT2D eigenvalue weighted by Gasteiger charge is 2.57. The summed E-state index contributed by atoms with van der Waals surface area (Å²) in [4.78, 5) is 24.3. The third kappa shape index (κ3) is 3.31. The number of hydrogen-bond donors (Lipinski definition) is 0. The summed E-state index contributed by atoms with van der Waals surface area (Å²) >= 11 is 11.8. The van der Waals surface area contributed by atoms with Gasteiger partial charge in [-0.15, -0.1) is 0 Å². The third-order valence-electron chi connectivity index (χ3n) is 5.07. The van der Waals surface area contributed by atoms with Gasteiger partial charge in [-0.3, -0.25) is 9.59 Å². The molecule has 1 aliphatic carbocycles. The highest BCUT2D eigenvalue weighted by atomic mass is 35.5. The van der Waals surface area contributed by atoms with E-state index in [4.69, 9.17) is 32.7 Å². The molecule has 0 spiro atoms. The summed E-state index contributed by atoms with van der Waals surface area (Å²) in [6, 6.07) is 14.5. The Hall–Kier alpha value is -2.04. The Bertz CT molecular complexity index is 724. The molecule has 4 nitrogen and oxygen atoms in total. The molecule has 1 saturated carbocycles. The lowest BCUT2D eigenvalue weighted by molar-refractivity contribution is -0.129. The van der Waals surface area contributed by atoms with Crippen molar-refractivity contribution in [3.05, 3.63) is 59.7 Å². The van der Waals surface area contributed by atoms with E-state index < -0.39 is 22.3 Å². The Kier molecular flexibility index (Phi) is 5.54. The van der Waals surface area contributed by atoms with Crippen LogP contribution in [0.15, 0.2) is 48.5 Å². The second-order valence-corrected chi connectivity index (χ2v) is 7.00. The zero-order valence-electron chi connectivity index (χ0n) is 14.3. The molecular weight excluding hydrogens is 375 g/mol. The van der Waals surface area contributed by atoms with Crippen molar-refractivity contribution in [3.8, 4) is 11.5 Å². The first-order valence-electron chi connectivity index (χ1n) is 8.14. The summed E-state index contributed by atoms with van der Waals surface area (Å²) in [5, 5.41) is -0.943. The van der Waals surface area contributed by atoms with E-state index in [1.54, 1.807) is 38.5 Å². The standard InChI is InChI=1S/C20H18Cl2O4/c1-25-13-7-3-11(4-8-13)15-17(19(21)23)16(18(15)20(22)24)12-5-9-14(26-2)10-6-12/h3-10,15-18H,1-2H3. The van der Waals surface area contributed by atoms with Gasteiger partial charge in [0.1, 0.15) is 11.5 Å². The minimum Gasteiger partial charge on any atom is -0.497 e. The Morgan fingerprint density at radius 3 is 1.23 bits per heavy atom. The molecule has 26 heavy (non-hydrogen) atoms. The minimum absolute atomic E-state index is 0.358. The zero-order chi connectivity index (χ0) is 18.8. The Balaban J connectivity index is 1.98. The summed E-state index contributed by atoms with van der Waals surface area (Å²) in [6.07, 6.45) is 0. The summed E-state index contributed by atoms with van der Waals surface area (Å²) in [6.45, 7) is 0. The molecule has 0 heterocycles. The first kappa shape index (κ1) is 18.7. The van der Waals surface area contributed by atoms with Crippen molar-refractivity contribution in [2.75, 3.05) is 14.2 Å². The topological polar surface area (TPSA) is 52.6 Å². The largest absolute Gasteiger partial charge is 0.497 e. The molecule has 3 rings (SSSR count). The SMILES string of the molecule is COc1ccc(C2C(C(=O)Cl)C(c3ccc(OC)cc3)C2C(=O)Cl)cc1. The number of ether oxygens (including phenoxy) is 2. The van der Waals surface area contributed by atoms with E-state index in [1.807, 2.05) is 24.3 Å². The zero-order valence-corrected chi connectivity index (χ0v) is 15.8. The average molecular weight is 393 g/mol. The third-order valence-corrected chi connectivity index (χ3v) is 5.58. The van der Waals surface area contributed by atoms with Gasteiger partial charge < -0.3 is 9.47 Å². The number of benzene rings is 2. The normalized spacial score (nSPS) is 24.5. The highest BCUT2D eigenvalue weighted by molar-refractivity contribution is 6.66. The Morgan fingerprint density at radius 2 is 1.00 bits per heavy atom. The van der Waals surface area contributed by atoms with Crippen molar-refractivity contribution in [1.29, 1.82) is 0 Å². The van der Waals surface area contributed by atoms with Gasteiger partial charge in [0.25, 0.3) is 0 Å². The van der Waals surface area contributed by atoms with Crippen LogP contribution < -0.4 is 9.47 Å². The van der Waals surface area contributed by atoms with Crippen LogP contribution in [-0.4, -0.2) is 24.7 Å². The number of halogens is 2. The molecule has 136 valence electrons. The van der Waals surface area contributed by atoms with Crippen LogP contribution in [0.5, 0.6) is 11.5 Å². The predicted octanol–water partition coefficient (Wildman–Crippen LogP) is 4.35. The number of methoxy groups -OCH3 is 2. The summed E-state index contributed by atoms with van der Waals surface area (Å²) in [5.74, 6) is -0.368. The van der Waals surface area contributed by atoms with Crippen molar-refractivity contribution in [1.82, 2.24) is 0 Å². The smallest absolute Gasteiger partial charge is 0.225 e. The lowest BCUT2D eigenvalue weighted by Crippen LogP contribution is -2.48. The van der Waals surface area contributed by atoms with Crippen LogP contribution in [0.1, 0.15) is 23.0 Å². The van der Waals surface area contributed by atoms with Crippen molar-refractivity contribution >= 4 is 33.7 Å². The molecule has 6 heteroatoms. The number of carbonyl (C=O) groups is 2. The average Bonchev–Trinajstić information content (AvgIpc) is 2.61. The maximum absolute atomic E-state index is 12.2. The number of rotatable bonds is 6. The molecule has 0 aromatic heterocycles. The molecule has 1 aliphatic rings. The van der Waals surface area contributed by atoms with Crippen LogP contribution in [0.3, 0.4) is 0 Å². The van der Waals surface area contributed by atoms with Gasteiger partial charge in [0, 0.05) is 23.7 Å². The predicted molar refractivity (Wildman–Crippen MR) is 100 cm³/mol. The summed E-state index contributed by atoms with van der Waals surface area (Å²) < 4.78 is 10.3. The maximum Gasteiger partial charge on any atom is 0.225 e. The lowest BCUT2D eigenvalue weighted by atomic mass is 9.53. The molecule has 0 unspecified atom stereocenters. The van der Waals surface area contributed by atoms with Gasteiger partial charge in [-0.2, -0.15) is 0 Å². The van der Waals surface area contributed by atoms with Crippen molar-refractivity contribution < 1.29 is 19.1 Å². The van der Waals surface area contributed by atoms with Gasteiger partial charge in [0.15, 0.2) is 0 Å². The van der Waals surface area contributed by atoms with E-state index >= 15 is 0 Å². The molecule has 0 bridgehead atoms. The molecule has 2 aromatic rings. The van der Waals surface area contributed by atoms with E-state index in [9.17, 15) is 9.59 Å². The molecule has 0 atom stereocenters. The second-order valence-electron chi connectivity index (χ2n) is 6.26. The second kappa shape index (κ2) is 7.68. The van der Waals surface area contributed by atoms with E-state index in [-0.39, 0.29) is 11.8 Å². The van der Waals surface area contributed by atoms with Gasteiger partial charge in [-0.05, 0) is 58.6 Å². The highest BCUT2D eigenvalue weighted by Crippen LogP contribution is 2.59. The van der Waals surface area contributed by atoms with E-state index in [2.05, 4.69) is 0 Å². The van der Waals surface area contributed by atoms with Gasteiger partial charge in [-0.25, -0.2) is 0 Å². The Labute approximate surface area is 162 Å². The van der Waals surface area contributed by atoms with Gasteiger partial charge >= 0.3 is 0 Å². The first-order chi connectivity index (χ1) is 12.5. The molecule has 2 aromatic carbocycles. The van der Waals surface area contributed by atoms with E-state index in [1.165, 1.54) is 0 Å². The van der Waals surface area contributed by atoms with Crippen LogP contribution in [0.25, 0.3) is 0 Å². The summed E-state index contributed by atoms with van der Waals surface area (Å²) in [7, 11) is 3.16. The molecular formula is C20H18Cl2O4. The monoisotopic (exact) mass is 392 g/mol. The van der Waals surface area contributed by atoms with E-state index in [0.717, 1.165) is 11.1 Å². The number of carbonyl (C=O) groups excluding carboxylic acids is 2. The molecule has 0 aliphatic heterocycles.